The molecule has 2 rings (SSSR count). The second kappa shape index (κ2) is 6.05. The van der Waals surface area contributed by atoms with Gasteiger partial charge in [0.2, 0.25) is 0 Å². The standard InChI is InChI=1S/C15H20N2O3/c1-9(2)13(15(19)20)17-14(18)11-4-3-10-5-6-16-8-12(10)7-11/h3-4,7,9,13,16H,5-6,8H2,1-2H3,(H,17,18)(H,19,20)/t13-/m0/s1. The first-order valence-corrected chi connectivity index (χ1v) is 6.85. The van der Waals surface area contributed by atoms with E-state index in [0.717, 1.165) is 25.1 Å². The van der Waals surface area contributed by atoms with E-state index in [9.17, 15) is 9.59 Å². The normalized spacial score (nSPS) is 15.6. The largest absolute Gasteiger partial charge is 0.480 e. The second-order valence-corrected chi connectivity index (χ2v) is 5.44. The molecule has 0 aromatic heterocycles. The Morgan fingerprint density at radius 1 is 1.30 bits per heavy atom. The van der Waals surface area contributed by atoms with Crippen LogP contribution in [0, 0.1) is 5.92 Å². The van der Waals surface area contributed by atoms with Crippen molar-refractivity contribution in [2.24, 2.45) is 5.92 Å². The van der Waals surface area contributed by atoms with Gasteiger partial charge in [-0.3, -0.25) is 4.79 Å². The summed E-state index contributed by atoms with van der Waals surface area (Å²) in [5, 5.41) is 14.9. The second-order valence-electron chi connectivity index (χ2n) is 5.44. The number of carbonyl (C=O) groups is 2. The van der Waals surface area contributed by atoms with Gasteiger partial charge in [0.05, 0.1) is 0 Å². The molecule has 0 aliphatic carbocycles. The summed E-state index contributed by atoms with van der Waals surface area (Å²) in [6.07, 6.45) is 0.959. The summed E-state index contributed by atoms with van der Waals surface area (Å²) in [6.45, 7) is 5.25. The van der Waals surface area contributed by atoms with Crippen LogP contribution < -0.4 is 10.6 Å². The lowest BCUT2D eigenvalue weighted by Gasteiger charge is -2.20. The molecule has 1 amide bonds. The van der Waals surface area contributed by atoms with Gasteiger partial charge in [0, 0.05) is 12.1 Å². The van der Waals surface area contributed by atoms with Crippen molar-refractivity contribution in [2.75, 3.05) is 6.54 Å². The molecule has 5 nitrogen and oxygen atoms in total. The van der Waals surface area contributed by atoms with Crippen molar-refractivity contribution in [3.63, 3.8) is 0 Å². The number of rotatable bonds is 4. The zero-order chi connectivity index (χ0) is 14.7. The van der Waals surface area contributed by atoms with Crippen LogP contribution in [0.1, 0.15) is 35.3 Å². The average Bonchev–Trinajstić information content (AvgIpc) is 2.43. The van der Waals surface area contributed by atoms with Gasteiger partial charge in [-0.15, -0.1) is 0 Å². The molecule has 1 aliphatic heterocycles. The quantitative estimate of drug-likeness (QED) is 0.771. The van der Waals surface area contributed by atoms with Crippen LogP contribution in [-0.2, 0) is 17.8 Å². The Hall–Kier alpha value is -1.88. The van der Waals surface area contributed by atoms with Crippen molar-refractivity contribution in [1.82, 2.24) is 10.6 Å². The van der Waals surface area contributed by atoms with Crippen molar-refractivity contribution in [3.8, 4) is 0 Å². The Bertz CT molecular complexity index is 526. The molecule has 20 heavy (non-hydrogen) atoms. The third-order valence-corrected chi connectivity index (χ3v) is 3.57. The number of hydrogen-bond donors (Lipinski definition) is 3. The van der Waals surface area contributed by atoms with Crippen LogP contribution in [-0.4, -0.2) is 29.6 Å². The van der Waals surface area contributed by atoms with Gasteiger partial charge in [-0.2, -0.15) is 0 Å². The van der Waals surface area contributed by atoms with Crippen molar-refractivity contribution in [3.05, 3.63) is 34.9 Å². The summed E-state index contributed by atoms with van der Waals surface area (Å²) >= 11 is 0. The van der Waals surface area contributed by atoms with E-state index in [1.807, 2.05) is 12.1 Å². The summed E-state index contributed by atoms with van der Waals surface area (Å²) in [6, 6.07) is 4.70. The van der Waals surface area contributed by atoms with E-state index < -0.39 is 12.0 Å². The minimum atomic E-state index is -1.01. The van der Waals surface area contributed by atoms with Crippen molar-refractivity contribution < 1.29 is 14.7 Å². The molecule has 0 bridgehead atoms. The molecule has 5 heteroatoms. The first-order valence-electron chi connectivity index (χ1n) is 6.85. The van der Waals surface area contributed by atoms with Gasteiger partial charge >= 0.3 is 5.97 Å². The van der Waals surface area contributed by atoms with Gasteiger partial charge in [-0.1, -0.05) is 19.9 Å². The van der Waals surface area contributed by atoms with E-state index in [1.165, 1.54) is 5.56 Å². The molecule has 1 aromatic carbocycles. The number of amides is 1. The van der Waals surface area contributed by atoms with E-state index in [0.29, 0.717) is 5.56 Å². The number of hydrogen-bond acceptors (Lipinski definition) is 3. The van der Waals surface area contributed by atoms with E-state index in [4.69, 9.17) is 5.11 Å². The Kier molecular flexibility index (Phi) is 4.39. The van der Waals surface area contributed by atoms with Crippen LogP contribution >= 0.6 is 0 Å². The van der Waals surface area contributed by atoms with Gasteiger partial charge < -0.3 is 15.7 Å². The lowest BCUT2D eigenvalue weighted by atomic mass is 9.98. The lowest BCUT2D eigenvalue weighted by Crippen LogP contribution is -2.44. The first-order chi connectivity index (χ1) is 9.49. The van der Waals surface area contributed by atoms with Crippen molar-refractivity contribution in [2.45, 2.75) is 32.9 Å². The molecule has 1 heterocycles. The maximum atomic E-state index is 12.2. The van der Waals surface area contributed by atoms with E-state index in [1.54, 1.807) is 19.9 Å². The highest BCUT2D eigenvalue weighted by Gasteiger charge is 2.24. The maximum Gasteiger partial charge on any atom is 0.326 e. The fourth-order valence-corrected chi connectivity index (χ4v) is 2.36. The zero-order valence-corrected chi connectivity index (χ0v) is 11.8. The molecule has 3 N–H and O–H groups in total. The number of carboxylic acid groups (broad SMARTS) is 1. The van der Waals surface area contributed by atoms with E-state index in [-0.39, 0.29) is 11.8 Å². The third-order valence-electron chi connectivity index (χ3n) is 3.57. The van der Waals surface area contributed by atoms with Gasteiger partial charge in [0.15, 0.2) is 0 Å². The summed E-state index contributed by atoms with van der Waals surface area (Å²) < 4.78 is 0. The van der Waals surface area contributed by atoms with E-state index in [2.05, 4.69) is 10.6 Å². The van der Waals surface area contributed by atoms with Gasteiger partial charge in [-0.05, 0) is 42.1 Å². The number of benzene rings is 1. The summed E-state index contributed by atoms with van der Waals surface area (Å²) in [7, 11) is 0. The smallest absolute Gasteiger partial charge is 0.326 e. The molecule has 1 aromatic rings. The monoisotopic (exact) mass is 276 g/mol. The van der Waals surface area contributed by atoms with Crippen LogP contribution in [0.15, 0.2) is 18.2 Å². The molecule has 0 fully saturated rings. The molecule has 0 saturated heterocycles. The molecule has 0 unspecified atom stereocenters. The maximum absolute atomic E-state index is 12.2. The summed E-state index contributed by atoms with van der Waals surface area (Å²) in [5.41, 5.74) is 2.87. The third kappa shape index (κ3) is 3.17. The number of nitrogens with one attached hydrogen (secondary N) is 2. The Balaban J connectivity index is 2.15. The summed E-state index contributed by atoms with van der Waals surface area (Å²) in [4.78, 5) is 23.3. The van der Waals surface area contributed by atoms with Gasteiger partial charge in [0.1, 0.15) is 6.04 Å². The van der Waals surface area contributed by atoms with E-state index >= 15 is 0 Å². The SMILES string of the molecule is CC(C)[C@H](NC(=O)c1ccc2c(c1)CNCC2)C(=O)O. The van der Waals surface area contributed by atoms with Crippen molar-refractivity contribution >= 4 is 11.9 Å². The highest BCUT2D eigenvalue weighted by Crippen LogP contribution is 2.16. The molecule has 108 valence electrons. The van der Waals surface area contributed by atoms with Gasteiger partial charge in [-0.25, -0.2) is 4.79 Å². The highest BCUT2D eigenvalue weighted by molar-refractivity contribution is 5.96. The number of carboxylic acids is 1. The van der Waals surface area contributed by atoms with Crippen LogP contribution in [0.5, 0.6) is 0 Å². The molecule has 1 aliphatic rings. The fourth-order valence-electron chi connectivity index (χ4n) is 2.36. The van der Waals surface area contributed by atoms with Gasteiger partial charge in [0.25, 0.3) is 5.91 Å². The van der Waals surface area contributed by atoms with Crippen molar-refractivity contribution in [1.29, 1.82) is 0 Å². The number of aliphatic carboxylic acids is 1. The number of fused-ring (bicyclic) bond motifs is 1. The predicted molar refractivity (Wildman–Crippen MR) is 75.6 cm³/mol. The Morgan fingerprint density at radius 2 is 2.05 bits per heavy atom. The predicted octanol–water partition coefficient (Wildman–Crippen LogP) is 1.17. The zero-order valence-electron chi connectivity index (χ0n) is 11.8. The highest BCUT2D eigenvalue weighted by atomic mass is 16.4. The molecule has 0 spiro atoms. The van der Waals surface area contributed by atoms with Crippen LogP contribution in [0.3, 0.4) is 0 Å². The van der Waals surface area contributed by atoms with Crippen LogP contribution in [0.25, 0.3) is 0 Å². The topological polar surface area (TPSA) is 78.4 Å². The van der Waals surface area contributed by atoms with Crippen LogP contribution in [0.2, 0.25) is 0 Å². The minimum absolute atomic E-state index is 0.157. The molecular formula is C15H20N2O3. The summed E-state index contributed by atoms with van der Waals surface area (Å²) in [5.74, 6) is -1.50. The average molecular weight is 276 g/mol. The molecular weight excluding hydrogens is 256 g/mol. The molecule has 0 saturated carbocycles. The molecule has 0 radical (unpaired) electrons. The van der Waals surface area contributed by atoms with Crippen LogP contribution in [0.4, 0.5) is 0 Å². The number of carbonyl (C=O) groups excluding carboxylic acids is 1. The Morgan fingerprint density at radius 3 is 2.70 bits per heavy atom. The minimum Gasteiger partial charge on any atom is -0.480 e. The lowest BCUT2D eigenvalue weighted by molar-refractivity contribution is -0.140. The fraction of sp³-hybridized carbons (Fsp3) is 0.467. The first kappa shape index (κ1) is 14.5. The molecule has 1 atom stereocenters. The Labute approximate surface area is 118 Å².